The fourth-order valence-electron chi connectivity index (χ4n) is 7.01. The van der Waals surface area contributed by atoms with Gasteiger partial charge in [-0.1, -0.05) is 83.9 Å². The summed E-state index contributed by atoms with van der Waals surface area (Å²) in [5, 5.41) is 34.9. The molecule has 12 atom stereocenters. The van der Waals surface area contributed by atoms with E-state index in [1.54, 1.807) is 32.9 Å². The summed E-state index contributed by atoms with van der Waals surface area (Å²) >= 11 is 0. The molecule has 0 saturated carbocycles. The molecule has 0 radical (unpaired) electrons. The van der Waals surface area contributed by atoms with Gasteiger partial charge in [0.25, 0.3) is 0 Å². The van der Waals surface area contributed by atoms with E-state index in [1.807, 2.05) is 53.7 Å². The van der Waals surface area contributed by atoms with Crippen molar-refractivity contribution in [3.05, 3.63) is 59.4 Å². The molecule has 2 heterocycles. The standard InChI is InChI=1S/C39H61NO11/c1-21(2)36-26(7)31(49-33(42)16-15-32(40)41)20-39(46,51-36)28(9)35(44)27(8)37-29(47-10)14-12-13-22(3)17-24(5)34(43)25(6)18-23(4)19-30(48-11)38(45)50-37/h12-16,18-19,21,24-29,31,34-37,43-44,46H,17,20H2,1-11H3,(H2,40,41)/b14-12+,16-15+,22-13+,23-18+,30-19-/t24-,25+,26-,27-,28-,29-,31+,34-,35+,36-,37+,39+/m0/s1. The molecule has 288 valence electrons. The summed E-state index contributed by atoms with van der Waals surface area (Å²) in [7, 11) is 2.82. The fraction of sp³-hybridized carbons (Fsp3) is 0.667. The number of hydrogen-bond donors (Lipinski definition) is 4. The molecule has 51 heavy (non-hydrogen) atoms. The third-order valence-electron chi connectivity index (χ3n) is 10.1. The maximum absolute atomic E-state index is 13.6. The van der Waals surface area contributed by atoms with Crippen molar-refractivity contribution in [3.63, 3.8) is 0 Å². The molecule has 12 nitrogen and oxygen atoms in total. The molecular weight excluding hydrogens is 658 g/mol. The number of aliphatic hydroxyl groups is 3. The zero-order chi connectivity index (χ0) is 38.8. The molecule has 0 bridgehead atoms. The van der Waals surface area contributed by atoms with E-state index in [9.17, 15) is 29.7 Å². The predicted molar refractivity (Wildman–Crippen MR) is 192 cm³/mol. The number of methoxy groups -OCH3 is 2. The molecule has 0 spiro atoms. The monoisotopic (exact) mass is 719 g/mol. The van der Waals surface area contributed by atoms with Crippen LogP contribution in [0.1, 0.15) is 75.2 Å². The lowest BCUT2D eigenvalue weighted by molar-refractivity contribution is -0.329. The largest absolute Gasteiger partial charge is 0.490 e. The number of primary amides is 1. The van der Waals surface area contributed by atoms with Crippen molar-refractivity contribution in [3.8, 4) is 0 Å². The Morgan fingerprint density at radius 1 is 1.08 bits per heavy atom. The van der Waals surface area contributed by atoms with Crippen molar-refractivity contribution in [2.24, 2.45) is 41.2 Å². The number of nitrogens with two attached hydrogens (primary N) is 1. The maximum atomic E-state index is 13.6. The first-order valence-corrected chi connectivity index (χ1v) is 17.7. The number of amides is 1. The Bertz CT molecular complexity index is 1350. The van der Waals surface area contributed by atoms with Gasteiger partial charge >= 0.3 is 11.9 Å². The van der Waals surface area contributed by atoms with E-state index in [2.05, 4.69) is 0 Å². The molecule has 2 aliphatic rings. The summed E-state index contributed by atoms with van der Waals surface area (Å²) in [6.45, 7) is 16.6. The molecular formula is C39H61NO11. The van der Waals surface area contributed by atoms with Crippen LogP contribution in [0, 0.1) is 35.5 Å². The summed E-state index contributed by atoms with van der Waals surface area (Å²) < 4.78 is 29.2. The van der Waals surface area contributed by atoms with Crippen molar-refractivity contribution in [1.82, 2.24) is 0 Å². The van der Waals surface area contributed by atoms with E-state index in [0.717, 1.165) is 17.7 Å². The minimum Gasteiger partial charge on any atom is -0.490 e. The Balaban J connectivity index is 2.55. The molecule has 5 N–H and O–H groups in total. The van der Waals surface area contributed by atoms with Gasteiger partial charge in [0.2, 0.25) is 11.7 Å². The fourth-order valence-corrected chi connectivity index (χ4v) is 7.01. The molecule has 0 aromatic heterocycles. The highest BCUT2D eigenvalue weighted by Gasteiger charge is 2.53. The van der Waals surface area contributed by atoms with Gasteiger partial charge in [-0.05, 0) is 38.2 Å². The molecule has 1 fully saturated rings. The van der Waals surface area contributed by atoms with Crippen LogP contribution in [0.15, 0.2) is 59.4 Å². The number of rotatable bonds is 10. The van der Waals surface area contributed by atoms with Crippen LogP contribution in [0.4, 0.5) is 0 Å². The molecule has 12 heteroatoms. The Hall–Kier alpha value is -3.29. The first kappa shape index (κ1) is 43.9. The van der Waals surface area contributed by atoms with E-state index >= 15 is 0 Å². The van der Waals surface area contributed by atoms with Gasteiger partial charge in [-0.15, -0.1) is 0 Å². The van der Waals surface area contributed by atoms with Crippen molar-refractivity contribution < 1.29 is 53.4 Å². The number of cyclic esters (lactones) is 1. The molecule has 0 unspecified atom stereocenters. The number of allylic oxidation sites excluding steroid dienone is 5. The number of carbonyl (C=O) groups excluding carboxylic acids is 3. The lowest BCUT2D eigenvalue weighted by Crippen LogP contribution is -2.59. The minimum atomic E-state index is -1.97. The average Bonchev–Trinajstić information content (AvgIpc) is 3.06. The number of hydrogen-bond acceptors (Lipinski definition) is 11. The van der Waals surface area contributed by atoms with Crippen molar-refractivity contribution in [2.45, 2.75) is 118 Å². The van der Waals surface area contributed by atoms with E-state index in [0.29, 0.717) is 12.0 Å². The van der Waals surface area contributed by atoms with Crippen LogP contribution < -0.4 is 5.73 Å². The Labute approximate surface area is 303 Å². The van der Waals surface area contributed by atoms with E-state index < -0.39 is 72.1 Å². The highest BCUT2D eigenvalue weighted by atomic mass is 16.6. The van der Waals surface area contributed by atoms with Crippen molar-refractivity contribution in [2.75, 3.05) is 14.2 Å². The van der Waals surface area contributed by atoms with Gasteiger partial charge in [-0.3, -0.25) is 4.79 Å². The first-order valence-electron chi connectivity index (χ1n) is 17.7. The Morgan fingerprint density at radius 3 is 2.29 bits per heavy atom. The summed E-state index contributed by atoms with van der Waals surface area (Å²) in [4.78, 5) is 37.4. The predicted octanol–water partition coefficient (Wildman–Crippen LogP) is 4.29. The van der Waals surface area contributed by atoms with Crippen LogP contribution in [-0.4, -0.2) is 89.8 Å². The van der Waals surface area contributed by atoms with Crippen molar-refractivity contribution >= 4 is 17.8 Å². The third kappa shape index (κ3) is 12.1. The Kier molecular flexibility index (Phi) is 16.8. The quantitative estimate of drug-likeness (QED) is 0.187. The number of carbonyl (C=O) groups is 3. The molecule has 2 aliphatic heterocycles. The number of ether oxygens (including phenoxy) is 5. The summed E-state index contributed by atoms with van der Waals surface area (Å²) in [6.07, 6.45) is 5.90. The summed E-state index contributed by atoms with van der Waals surface area (Å²) in [6, 6.07) is 0. The smallest absolute Gasteiger partial charge is 0.373 e. The highest BCUT2D eigenvalue weighted by Crippen LogP contribution is 2.42. The van der Waals surface area contributed by atoms with Crippen molar-refractivity contribution in [1.29, 1.82) is 0 Å². The van der Waals surface area contributed by atoms with Gasteiger partial charge in [0.05, 0.1) is 25.4 Å². The van der Waals surface area contributed by atoms with Gasteiger partial charge in [0, 0.05) is 49.4 Å². The van der Waals surface area contributed by atoms with Gasteiger partial charge in [0.15, 0.2) is 5.79 Å². The maximum Gasteiger partial charge on any atom is 0.373 e. The van der Waals surface area contributed by atoms with Crippen LogP contribution in [0.5, 0.6) is 0 Å². The van der Waals surface area contributed by atoms with Crippen LogP contribution in [-0.2, 0) is 38.1 Å². The van der Waals surface area contributed by atoms with Crippen LogP contribution in [0.2, 0.25) is 0 Å². The van der Waals surface area contributed by atoms with E-state index in [1.165, 1.54) is 20.3 Å². The lowest BCUT2D eigenvalue weighted by Gasteiger charge is -2.50. The van der Waals surface area contributed by atoms with E-state index in [-0.39, 0.29) is 35.9 Å². The summed E-state index contributed by atoms with van der Waals surface area (Å²) in [5.41, 5.74) is 6.84. The molecule has 0 aromatic rings. The van der Waals surface area contributed by atoms with Gasteiger partial charge < -0.3 is 44.7 Å². The topological polar surface area (TPSA) is 184 Å². The number of aliphatic hydroxyl groups excluding tert-OH is 2. The highest BCUT2D eigenvalue weighted by molar-refractivity contribution is 5.93. The molecule has 0 aromatic carbocycles. The number of esters is 2. The SMILES string of the molecule is CO/C1=C\C(C)=C\[C@@H](C)[C@@H](O)[C@@H](C)C/C(C)=C/C=C/[C@H](OC)[C@@H]([C@@H](C)[C@@H](O)[C@H](C)[C@@]2(O)C[C@@H](OC(=O)/C=C/C(N)=O)[C@H](C)[C@H](C(C)C)O2)OC1=O. The van der Waals surface area contributed by atoms with Crippen LogP contribution in [0.3, 0.4) is 0 Å². The second-order valence-corrected chi connectivity index (χ2v) is 14.7. The lowest BCUT2D eigenvalue weighted by atomic mass is 9.76. The molecule has 2 rings (SSSR count). The van der Waals surface area contributed by atoms with Crippen LogP contribution >= 0.6 is 0 Å². The minimum absolute atomic E-state index is 0.0408. The average molecular weight is 720 g/mol. The Morgan fingerprint density at radius 2 is 1.73 bits per heavy atom. The van der Waals surface area contributed by atoms with Gasteiger partial charge in [-0.25, -0.2) is 9.59 Å². The molecule has 1 saturated heterocycles. The summed E-state index contributed by atoms with van der Waals surface area (Å²) in [5.74, 6) is -6.96. The third-order valence-corrected chi connectivity index (χ3v) is 10.1. The zero-order valence-corrected chi connectivity index (χ0v) is 32.1. The molecule has 0 aliphatic carbocycles. The first-order chi connectivity index (χ1) is 23.8. The second-order valence-electron chi connectivity index (χ2n) is 14.7. The van der Waals surface area contributed by atoms with Crippen LogP contribution in [0.25, 0.3) is 0 Å². The zero-order valence-electron chi connectivity index (χ0n) is 32.1. The molecule has 1 amide bonds. The van der Waals surface area contributed by atoms with Gasteiger partial charge in [-0.2, -0.15) is 0 Å². The van der Waals surface area contributed by atoms with Gasteiger partial charge in [0.1, 0.15) is 18.3 Å². The normalized spacial score (nSPS) is 37.1. The second kappa shape index (κ2) is 19.5. The van der Waals surface area contributed by atoms with E-state index in [4.69, 9.17) is 29.4 Å².